The second-order valence-electron chi connectivity index (χ2n) is 8.67. The fraction of sp³-hybridized carbons (Fsp3) is 0.320. The van der Waals surface area contributed by atoms with Crippen molar-refractivity contribution in [1.29, 1.82) is 0 Å². The van der Waals surface area contributed by atoms with Gasteiger partial charge in [-0.2, -0.15) is 0 Å². The fourth-order valence-electron chi connectivity index (χ4n) is 4.34. The first-order valence-corrected chi connectivity index (χ1v) is 10.8. The second kappa shape index (κ2) is 7.46. The van der Waals surface area contributed by atoms with Crippen molar-refractivity contribution in [3.05, 3.63) is 70.8 Å². The van der Waals surface area contributed by atoms with Gasteiger partial charge < -0.3 is 15.5 Å². The standard InChI is InChI=1S/C25H25N3O3/c26-25(9-10-25)24(31)28-13-11-27(12-14-28)23(30)18-7-5-17(6-8-18)21-15-19-3-1-2-4-20(19)16-22(21)29/h1-8,15H,9-14,16,26H2. The smallest absolute Gasteiger partial charge is 0.253 e. The van der Waals surface area contributed by atoms with Gasteiger partial charge in [-0.05, 0) is 47.7 Å². The minimum Gasteiger partial charge on any atom is -0.338 e. The van der Waals surface area contributed by atoms with Crippen LogP contribution in [0.5, 0.6) is 0 Å². The van der Waals surface area contributed by atoms with E-state index in [1.54, 1.807) is 21.9 Å². The highest BCUT2D eigenvalue weighted by atomic mass is 16.2. The average molecular weight is 415 g/mol. The zero-order valence-electron chi connectivity index (χ0n) is 17.3. The maximum Gasteiger partial charge on any atom is 0.253 e. The van der Waals surface area contributed by atoms with E-state index in [9.17, 15) is 14.4 Å². The molecule has 1 saturated heterocycles. The maximum absolute atomic E-state index is 12.9. The van der Waals surface area contributed by atoms with Crippen LogP contribution in [0.4, 0.5) is 0 Å². The predicted octanol–water partition coefficient (Wildman–Crippen LogP) is 2.13. The zero-order valence-corrected chi connectivity index (χ0v) is 17.3. The van der Waals surface area contributed by atoms with Crippen LogP contribution in [0, 0.1) is 0 Å². The molecule has 2 amide bonds. The molecule has 0 radical (unpaired) electrons. The lowest BCUT2D eigenvalue weighted by atomic mass is 9.87. The average Bonchev–Trinajstić information content (AvgIpc) is 3.56. The number of ketones is 1. The lowest BCUT2D eigenvalue weighted by molar-refractivity contribution is -0.135. The van der Waals surface area contributed by atoms with Crippen LogP contribution in [0.2, 0.25) is 0 Å². The third kappa shape index (κ3) is 3.68. The highest BCUT2D eigenvalue weighted by molar-refractivity contribution is 6.27. The molecule has 3 aliphatic rings. The topological polar surface area (TPSA) is 83.7 Å². The third-order valence-corrected chi connectivity index (χ3v) is 6.52. The number of nitrogens with zero attached hydrogens (tertiary/aromatic N) is 2. The first kappa shape index (κ1) is 19.7. The van der Waals surface area contributed by atoms with Crippen LogP contribution in [0.15, 0.2) is 48.5 Å². The van der Waals surface area contributed by atoms with Crippen LogP contribution in [0.25, 0.3) is 11.6 Å². The van der Waals surface area contributed by atoms with Crippen LogP contribution in [0.3, 0.4) is 0 Å². The van der Waals surface area contributed by atoms with Gasteiger partial charge >= 0.3 is 0 Å². The fourth-order valence-corrected chi connectivity index (χ4v) is 4.34. The molecule has 1 heterocycles. The van der Waals surface area contributed by atoms with Crippen molar-refractivity contribution in [2.24, 2.45) is 5.73 Å². The number of amides is 2. The summed E-state index contributed by atoms with van der Waals surface area (Å²) >= 11 is 0. The number of allylic oxidation sites excluding steroid dienone is 1. The Hall–Kier alpha value is -3.25. The molecule has 2 fully saturated rings. The number of carbonyl (C=O) groups is 3. The Bertz CT molecular complexity index is 1090. The molecule has 2 N–H and O–H groups in total. The Morgan fingerprint density at radius 1 is 0.871 bits per heavy atom. The molecule has 0 bridgehead atoms. The van der Waals surface area contributed by atoms with Gasteiger partial charge in [-0.3, -0.25) is 14.4 Å². The van der Waals surface area contributed by atoms with Gasteiger partial charge in [0.05, 0.1) is 5.54 Å². The van der Waals surface area contributed by atoms with Gasteiger partial charge in [-0.1, -0.05) is 36.4 Å². The predicted molar refractivity (Wildman–Crippen MR) is 118 cm³/mol. The van der Waals surface area contributed by atoms with Gasteiger partial charge in [-0.15, -0.1) is 0 Å². The molecule has 0 spiro atoms. The van der Waals surface area contributed by atoms with E-state index in [0.29, 0.717) is 43.7 Å². The van der Waals surface area contributed by atoms with Gasteiger partial charge in [-0.25, -0.2) is 0 Å². The number of rotatable bonds is 3. The first-order valence-electron chi connectivity index (χ1n) is 10.8. The van der Waals surface area contributed by atoms with Crippen LogP contribution in [-0.4, -0.2) is 59.1 Å². The number of hydrogen-bond acceptors (Lipinski definition) is 4. The molecule has 158 valence electrons. The lowest BCUT2D eigenvalue weighted by Crippen LogP contribution is -2.55. The van der Waals surface area contributed by atoms with Gasteiger partial charge in [0.1, 0.15) is 0 Å². The highest BCUT2D eigenvalue weighted by Gasteiger charge is 2.48. The SMILES string of the molecule is NC1(C(=O)N2CCN(C(=O)c3ccc(C4=Cc5ccccc5CC4=O)cc3)CC2)CC1. The van der Waals surface area contributed by atoms with Crippen molar-refractivity contribution in [1.82, 2.24) is 9.80 Å². The summed E-state index contributed by atoms with van der Waals surface area (Å²) in [7, 11) is 0. The van der Waals surface area contributed by atoms with E-state index >= 15 is 0 Å². The van der Waals surface area contributed by atoms with Crippen molar-refractivity contribution in [2.75, 3.05) is 26.2 Å². The maximum atomic E-state index is 12.9. The van der Waals surface area contributed by atoms with Gasteiger partial charge in [0, 0.05) is 43.7 Å². The third-order valence-electron chi connectivity index (χ3n) is 6.52. The lowest BCUT2D eigenvalue weighted by Gasteiger charge is -2.36. The van der Waals surface area contributed by atoms with E-state index in [-0.39, 0.29) is 17.6 Å². The number of hydrogen-bond donors (Lipinski definition) is 1. The van der Waals surface area contributed by atoms with E-state index < -0.39 is 5.54 Å². The minimum absolute atomic E-state index is 0.0101. The highest BCUT2D eigenvalue weighted by Crippen LogP contribution is 2.34. The summed E-state index contributed by atoms with van der Waals surface area (Å²) in [5, 5.41) is 0. The van der Waals surface area contributed by atoms with E-state index in [2.05, 4.69) is 0 Å². The Morgan fingerprint density at radius 3 is 2.19 bits per heavy atom. The van der Waals surface area contributed by atoms with Crippen molar-refractivity contribution in [3.8, 4) is 0 Å². The molecule has 1 saturated carbocycles. The molecule has 1 aliphatic heterocycles. The van der Waals surface area contributed by atoms with Crippen LogP contribution >= 0.6 is 0 Å². The number of piperazine rings is 1. The van der Waals surface area contributed by atoms with Gasteiger partial charge in [0.25, 0.3) is 5.91 Å². The summed E-state index contributed by atoms with van der Waals surface area (Å²) in [4.78, 5) is 41.5. The van der Waals surface area contributed by atoms with Crippen molar-refractivity contribution in [2.45, 2.75) is 24.8 Å². The molecule has 6 nitrogen and oxygen atoms in total. The Kier molecular flexibility index (Phi) is 4.74. The molecule has 2 aromatic rings. The quantitative estimate of drug-likeness (QED) is 0.832. The Morgan fingerprint density at radius 2 is 1.52 bits per heavy atom. The summed E-state index contributed by atoms with van der Waals surface area (Å²) in [6, 6.07) is 15.2. The molecule has 31 heavy (non-hydrogen) atoms. The molecule has 0 aromatic heterocycles. The summed E-state index contributed by atoms with van der Waals surface area (Å²) in [5.74, 6) is 0.0460. The number of benzene rings is 2. The second-order valence-corrected chi connectivity index (χ2v) is 8.67. The van der Waals surface area contributed by atoms with E-state index in [1.807, 2.05) is 42.5 Å². The molecular weight excluding hydrogens is 390 g/mol. The summed E-state index contributed by atoms with van der Waals surface area (Å²) < 4.78 is 0. The van der Waals surface area contributed by atoms with E-state index in [0.717, 1.165) is 29.5 Å². The summed E-state index contributed by atoms with van der Waals surface area (Å²) in [6.45, 7) is 2.04. The molecule has 0 unspecified atom stereocenters. The first-order chi connectivity index (χ1) is 14.9. The van der Waals surface area contributed by atoms with Gasteiger partial charge in [0.2, 0.25) is 5.91 Å². The molecule has 2 aromatic carbocycles. The van der Waals surface area contributed by atoms with Gasteiger partial charge in [0.15, 0.2) is 5.78 Å². The number of nitrogens with two attached hydrogens (primary N) is 1. The Labute approximate surface area is 181 Å². The van der Waals surface area contributed by atoms with Crippen molar-refractivity contribution in [3.63, 3.8) is 0 Å². The number of carbonyl (C=O) groups excluding carboxylic acids is 3. The largest absolute Gasteiger partial charge is 0.338 e. The van der Waals surface area contributed by atoms with Crippen LogP contribution in [-0.2, 0) is 16.0 Å². The van der Waals surface area contributed by atoms with Crippen molar-refractivity contribution >= 4 is 29.2 Å². The van der Waals surface area contributed by atoms with Crippen LogP contribution < -0.4 is 5.73 Å². The monoisotopic (exact) mass is 415 g/mol. The molecule has 0 atom stereocenters. The zero-order chi connectivity index (χ0) is 21.6. The van der Waals surface area contributed by atoms with E-state index in [4.69, 9.17) is 5.73 Å². The Balaban J connectivity index is 1.26. The number of Topliss-reactive ketones (excluding diaryl/α,β-unsaturated/α-hetero) is 1. The molecular formula is C25H25N3O3. The normalized spacial score (nSPS) is 19.5. The summed E-state index contributed by atoms with van der Waals surface area (Å²) in [6.07, 6.45) is 3.83. The van der Waals surface area contributed by atoms with Crippen molar-refractivity contribution < 1.29 is 14.4 Å². The van der Waals surface area contributed by atoms with Crippen LogP contribution in [0.1, 0.15) is 39.9 Å². The summed E-state index contributed by atoms with van der Waals surface area (Å²) in [5.41, 5.74) is 9.56. The van der Waals surface area contributed by atoms with E-state index in [1.165, 1.54) is 0 Å². The minimum atomic E-state index is -0.659. The molecule has 6 heteroatoms. The number of fused-ring (bicyclic) bond motifs is 1. The molecule has 5 rings (SSSR count). The molecule has 2 aliphatic carbocycles.